The molecule has 14 heteroatoms. The summed E-state index contributed by atoms with van der Waals surface area (Å²) in [7, 11) is 0. The number of azo groups is 1. The Kier molecular flexibility index (Phi) is 2.65. The Morgan fingerprint density at radius 3 is 1.82 bits per heavy atom. The molecule has 0 aromatic rings. The molecule has 0 unspecified atom stereocenters. The quantitative estimate of drug-likeness (QED) is 0.197. The van der Waals surface area contributed by atoms with E-state index in [1.807, 2.05) is 0 Å². The number of nitro groups is 3. The monoisotopic (exact) mass is 244 g/mol. The van der Waals surface area contributed by atoms with E-state index in [0.717, 1.165) is 0 Å². The fourth-order valence-electron chi connectivity index (χ4n) is 0.861. The molecule has 1 aliphatic heterocycles. The number of nitrogens with zero attached hydrogens (tertiary/aromatic N) is 8. The van der Waals surface area contributed by atoms with E-state index in [2.05, 4.69) is 20.0 Å². The van der Waals surface area contributed by atoms with Crippen molar-refractivity contribution < 1.29 is 19.6 Å². The van der Waals surface area contributed by atoms with E-state index in [1.54, 1.807) is 0 Å². The summed E-state index contributed by atoms with van der Waals surface area (Å²) in [5, 5.41) is 37.2. The molecule has 0 aromatic carbocycles. The van der Waals surface area contributed by atoms with E-state index in [1.165, 1.54) is 0 Å². The Balaban J connectivity index is 3.52. The zero-order valence-electron chi connectivity index (χ0n) is 7.53. The molecule has 0 radical (unpaired) electrons. The Morgan fingerprint density at radius 2 is 1.53 bits per heavy atom. The molecule has 88 valence electrons. The molecule has 17 heavy (non-hydrogen) atoms. The van der Waals surface area contributed by atoms with Gasteiger partial charge in [0, 0.05) is 0 Å². The van der Waals surface area contributed by atoms with Gasteiger partial charge in [-0.05, 0) is 10.1 Å². The number of guanidine groups is 1. The summed E-state index contributed by atoms with van der Waals surface area (Å²) in [6.45, 7) is 0. The second-order valence-corrected chi connectivity index (χ2v) is 2.44. The maximum atomic E-state index is 10.5. The summed E-state index contributed by atoms with van der Waals surface area (Å²) in [4.78, 5) is 31.4. The molecule has 1 aliphatic rings. The standard InChI is InChI=1S/C3N8O6/c4-6-2-5-1(7-8-2)3(9(12)13,10(14)15)11(16)17. The van der Waals surface area contributed by atoms with Crippen LogP contribution in [0.1, 0.15) is 0 Å². The maximum Gasteiger partial charge on any atom is 0.782 e. The first-order valence-corrected chi connectivity index (χ1v) is 3.53. The van der Waals surface area contributed by atoms with Crippen LogP contribution in [0.5, 0.6) is 0 Å². The largest absolute Gasteiger partial charge is 0.782 e. The van der Waals surface area contributed by atoms with Gasteiger partial charge in [0.15, 0.2) is 14.8 Å². The van der Waals surface area contributed by atoms with E-state index in [4.69, 9.17) is 5.53 Å². The van der Waals surface area contributed by atoms with Crippen molar-refractivity contribution in [3.8, 4) is 0 Å². The first-order valence-electron chi connectivity index (χ1n) is 3.53. The first-order chi connectivity index (χ1) is 7.87. The van der Waals surface area contributed by atoms with Gasteiger partial charge in [-0.3, -0.25) is 30.3 Å². The van der Waals surface area contributed by atoms with Crippen molar-refractivity contribution in [2.45, 2.75) is 5.79 Å². The average Bonchev–Trinajstić information content (AvgIpc) is 2.65. The van der Waals surface area contributed by atoms with Gasteiger partial charge in [0.25, 0.3) is 0 Å². The van der Waals surface area contributed by atoms with Gasteiger partial charge in [-0.2, -0.15) is 0 Å². The second kappa shape index (κ2) is 3.78. The van der Waals surface area contributed by atoms with Gasteiger partial charge in [0.2, 0.25) is 0 Å². The first kappa shape index (κ1) is 11.9. The van der Waals surface area contributed by atoms with Crippen LogP contribution in [0.15, 0.2) is 15.2 Å². The summed E-state index contributed by atoms with van der Waals surface area (Å²) in [6.07, 6.45) is 0. The summed E-state index contributed by atoms with van der Waals surface area (Å²) in [6, 6.07) is 0. The van der Waals surface area contributed by atoms with Crippen molar-refractivity contribution in [3.63, 3.8) is 0 Å². The third-order valence-electron chi connectivity index (χ3n) is 1.59. The fraction of sp³-hybridized carbons (Fsp3) is 0.333. The van der Waals surface area contributed by atoms with Crippen LogP contribution in [0.25, 0.3) is 5.53 Å². The highest BCUT2D eigenvalue weighted by Gasteiger charge is 2.80. The van der Waals surface area contributed by atoms with Crippen molar-refractivity contribution in [1.82, 2.24) is 0 Å². The van der Waals surface area contributed by atoms with E-state index in [0.29, 0.717) is 0 Å². The zero-order chi connectivity index (χ0) is 13.2. The molecule has 0 aliphatic carbocycles. The molecule has 14 nitrogen and oxygen atoms in total. The summed E-state index contributed by atoms with van der Waals surface area (Å²) in [5.74, 6) is -6.25. The highest BCUT2D eigenvalue weighted by Crippen LogP contribution is 2.19. The Morgan fingerprint density at radius 1 is 1.06 bits per heavy atom. The van der Waals surface area contributed by atoms with Gasteiger partial charge in [-0.1, -0.05) is 0 Å². The predicted molar refractivity (Wildman–Crippen MR) is 44.6 cm³/mol. The summed E-state index contributed by atoms with van der Waals surface area (Å²) < 4.78 is 0. The number of hydrogen-bond donors (Lipinski definition) is 0. The van der Waals surface area contributed by atoms with E-state index in [-0.39, 0.29) is 0 Å². The number of aliphatic imine (C=N–C) groups is 1. The molecule has 1 rings (SSSR count). The number of rotatable bonds is 4. The van der Waals surface area contributed by atoms with Gasteiger partial charge in [0.05, 0.1) is 5.11 Å². The van der Waals surface area contributed by atoms with Gasteiger partial charge in [-0.15, -0.1) is 0 Å². The van der Waals surface area contributed by atoms with E-state index in [9.17, 15) is 30.3 Å². The minimum atomic E-state index is -3.98. The minimum Gasteiger partial charge on any atom is -0.542 e. The van der Waals surface area contributed by atoms with Crippen LogP contribution in [0.4, 0.5) is 0 Å². The van der Waals surface area contributed by atoms with Gasteiger partial charge >= 0.3 is 17.6 Å². The third-order valence-corrected chi connectivity index (χ3v) is 1.59. The molecule has 0 fully saturated rings. The predicted octanol–water partition coefficient (Wildman–Crippen LogP) is -1.08. The lowest BCUT2D eigenvalue weighted by atomic mass is 10.3. The molecule has 0 N–H and O–H groups in total. The molecule has 0 amide bonds. The Hall–Kier alpha value is -3.15. The lowest BCUT2D eigenvalue weighted by Gasteiger charge is -2.02. The minimum absolute atomic E-state index is 0.866. The Bertz CT molecular complexity index is 489. The maximum absolute atomic E-state index is 10.5. The van der Waals surface area contributed by atoms with Crippen LogP contribution in [0.3, 0.4) is 0 Å². The van der Waals surface area contributed by atoms with Gasteiger partial charge < -0.3 is 10.3 Å². The second-order valence-electron chi connectivity index (χ2n) is 2.44. The highest BCUT2D eigenvalue weighted by molar-refractivity contribution is 6.01. The van der Waals surface area contributed by atoms with Crippen molar-refractivity contribution in [3.05, 3.63) is 35.9 Å². The van der Waals surface area contributed by atoms with Crippen molar-refractivity contribution in [1.29, 1.82) is 0 Å². The molecule has 0 spiro atoms. The summed E-state index contributed by atoms with van der Waals surface area (Å²) in [5.41, 5.74) is 8.18. The molecule has 0 bridgehead atoms. The van der Waals surface area contributed by atoms with Crippen LogP contribution < -0.4 is 0 Å². The van der Waals surface area contributed by atoms with Crippen LogP contribution in [-0.4, -0.2) is 37.1 Å². The smallest absolute Gasteiger partial charge is 0.542 e. The fourth-order valence-corrected chi connectivity index (χ4v) is 0.861. The molecule has 0 saturated carbocycles. The summed E-state index contributed by atoms with van der Waals surface area (Å²) >= 11 is 0. The average molecular weight is 244 g/mol. The molecule has 0 aromatic heterocycles. The van der Waals surface area contributed by atoms with Crippen LogP contribution in [-0.2, 0) is 0 Å². The van der Waals surface area contributed by atoms with Crippen molar-refractivity contribution >= 4 is 11.8 Å². The molecule has 1 heterocycles. The van der Waals surface area contributed by atoms with Crippen LogP contribution in [0.2, 0.25) is 0 Å². The molecule has 0 atom stereocenters. The van der Waals surface area contributed by atoms with Crippen LogP contribution >= 0.6 is 0 Å². The molecular formula is C3N8O6. The van der Waals surface area contributed by atoms with E-state index < -0.39 is 32.4 Å². The highest BCUT2D eigenvalue weighted by atomic mass is 16.7. The number of hydrogen-bond acceptors (Lipinski definition) is 7. The van der Waals surface area contributed by atoms with Crippen molar-refractivity contribution in [2.75, 3.05) is 0 Å². The topological polar surface area (TPSA) is 203 Å². The van der Waals surface area contributed by atoms with E-state index >= 15 is 0 Å². The SMILES string of the molecule is [N-]=[N+]=C1N=NC(C([N+](=O)[O-])([N+](=O)[O-])[N+](=O)[O-])=N1. The Labute approximate surface area is 89.3 Å². The number of amidine groups is 1. The van der Waals surface area contributed by atoms with Crippen LogP contribution in [0, 0.1) is 30.3 Å². The molecule has 0 saturated heterocycles. The molecular weight excluding hydrogens is 244 g/mol. The zero-order valence-corrected chi connectivity index (χ0v) is 7.53. The van der Waals surface area contributed by atoms with Gasteiger partial charge in [-0.25, -0.2) is 0 Å². The van der Waals surface area contributed by atoms with Crippen molar-refractivity contribution in [2.24, 2.45) is 15.2 Å². The third kappa shape index (κ3) is 1.49. The lowest BCUT2D eigenvalue weighted by molar-refractivity contribution is -0.945. The van der Waals surface area contributed by atoms with Gasteiger partial charge in [0.1, 0.15) is 0 Å². The lowest BCUT2D eigenvalue weighted by Crippen LogP contribution is -2.58. The normalized spacial score (nSPS) is 14.1.